The summed E-state index contributed by atoms with van der Waals surface area (Å²) in [5.41, 5.74) is -0.303. The molecule has 0 unspecified atom stereocenters. The molecule has 0 aliphatic heterocycles. The second kappa shape index (κ2) is 7.42. The summed E-state index contributed by atoms with van der Waals surface area (Å²) in [4.78, 5) is 12.3. The zero-order valence-corrected chi connectivity index (χ0v) is 15.7. The van der Waals surface area contributed by atoms with Crippen LogP contribution in [-0.2, 0) is 0 Å². The van der Waals surface area contributed by atoms with Gasteiger partial charge in [-0.15, -0.1) is 0 Å². The zero-order valence-electron chi connectivity index (χ0n) is 15.7. The number of hydrogen-bond acceptors (Lipinski definition) is 4. The van der Waals surface area contributed by atoms with E-state index in [1.165, 1.54) is 28.1 Å². The van der Waals surface area contributed by atoms with Crippen molar-refractivity contribution in [2.24, 2.45) is 0 Å². The highest BCUT2D eigenvalue weighted by Crippen LogP contribution is 2.41. The van der Waals surface area contributed by atoms with Crippen LogP contribution in [0.1, 0.15) is 11.3 Å². The molecule has 7 heteroatoms. The molecule has 0 N–H and O–H groups in total. The molecule has 0 amide bonds. The van der Waals surface area contributed by atoms with Crippen molar-refractivity contribution < 1.29 is 27.1 Å². The number of ether oxygens (including phenoxy) is 2. The molecular weight excluding hydrogens is 373 g/mol. The summed E-state index contributed by atoms with van der Waals surface area (Å²) in [6.07, 6.45) is 0. The van der Waals surface area contributed by atoms with Crippen LogP contribution in [0.2, 0.25) is 0 Å². The van der Waals surface area contributed by atoms with E-state index in [4.69, 9.17) is 13.9 Å². The predicted octanol–water partition coefficient (Wildman–Crippen LogP) is 5.03. The Labute approximate surface area is 159 Å². The smallest absolute Gasteiger partial charge is 0.339 e. The minimum absolute atomic E-state index is 0.00297. The average molecular weight is 390 g/mol. The van der Waals surface area contributed by atoms with E-state index in [-0.39, 0.29) is 22.5 Å². The van der Waals surface area contributed by atoms with Gasteiger partial charge in [0.1, 0.15) is 34.7 Å². The normalized spacial score (nSPS) is 10.8. The van der Waals surface area contributed by atoms with Crippen molar-refractivity contribution in [3.05, 3.63) is 69.5 Å². The third kappa shape index (κ3) is 3.35. The number of rotatable bonds is 4. The Balaban J connectivity index is 2.46. The van der Waals surface area contributed by atoms with Crippen LogP contribution in [0.3, 0.4) is 0 Å². The van der Waals surface area contributed by atoms with Gasteiger partial charge in [-0.1, -0.05) is 0 Å². The number of benzene rings is 2. The van der Waals surface area contributed by atoms with Crippen LogP contribution in [0.5, 0.6) is 11.5 Å². The largest absolute Gasteiger partial charge is 0.497 e. The van der Waals surface area contributed by atoms with Crippen molar-refractivity contribution in [3.8, 4) is 33.8 Å². The highest BCUT2D eigenvalue weighted by atomic mass is 19.1. The van der Waals surface area contributed by atoms with Gasteiger partial charge in [0, 0.05) is 34.9 Å². The number of methoxy groups -OCH3 is 2. The van der Waals surface area contributed by atoms with Crippen LogP contribution in [0.15, 0.2) is 39.5 Å². The number of aryl methyl sites for hydroxylation is 1. The monoisotopic (exact) mass is 390 g/mol. The van der Waals surface area contributed by atoms with Crippen molar-refractivity contribution >= 4 is 0 Å². The summed E-state index contributed by atoms with van der Waals surface area (Å²) in [5, 5.41) is 0. The molecule has 0 spiro atoms. The molecule has 0 saturated heterocycles. The van der Waals surface area contributed by atoms with Gasteiger partial charge in [0.05, 0.1) is 19.8 Å². The molecule has 0 radical (unpaired) electrons. The molecule has 1 aromatic heterocycles. The SMILES string of the molecule is COc1cc(OC)cc(-c2c(-c3c(F)cc(F)cc3F)c(C)oc(=O)c2C)c1. The van der Waals surface area contributed by atoms with Gasteiger partial charge in [0.2, 0.25) is 0 Å². The van der Waals surface area contributed by atoms with E-state index in [1.54, 1.807) is 18.2 Å². The Morgan fingerprint density at radius 1 is 0.786 bits per heavy atom. The van der Waals surface area contributed by atoms with E-state index in [2.05, 4.69) is 0 Å². The van der Waals surface area contributed by atoms with Crippen LogP contribution in [0.25, 0.3) is 22.3 Å². The summed E-state index contributed by atoms with van der Waals surface area (Å²) in [7, 11) is 2.91. The quantitative estimate of drug-likeness (QED) is 0.627. The van der Waals surface area contributed by atoms with Gasteiger partial charge in [0.25, 0.3) is 0 Å². The summed E-state index contributed by atoms with van der Waals surface area (Å²) in [6.45, 7) is 2.90. The molecule has 0 fully saturated rings. The van der Waals surface area contributed by atoms with Gasteiger partial charge in [-0.3, -0.25) is 0 Å². The minimum atomic E-state index is -1.11. The lowest BCUT2D eigenvalue weighted by atomic mass is 9.90. The van der Waals surface area contributed by atoms with Crippen LogP contribution in [0.4, 0.5) is 13.2 Å². The Kier molecular flexibility index (Phi) is 5.18. The fraction of sp³-hybridized carbons (Fsp3) is 0.190. The lowest BCUT2D eigenvalue weighted by Gasteiger charge is -2.17. The molecule has 1 heterocycles. The molecule has 4 nitrogen and oxygen atoms in total. The first-order valence-corrected chi connectivity index (χ1v) is 8.29. The molecule has 0 bridgehead atoms. The highest BCUT2D eigenvalue weighted by molar-refractivity contribution is 5.87. The third-order valence-corrected chi connectivity index (χ3v) is 4.43. The minimum Gasteiger partial charge on any atom is -0.497 e. The molecule has 3 rings (SSSR count). The van der Waals surface area contributed by atoms with Crippen molar-refractivity contribution in [2.45, 2.75) is 13.8 Å². The van der Waals surface area contributed by atoms with E-state index in [0.717, 1.165) is 0 Å². The third-order valence-electron chi connectivity index (χ3n) is 4.43. The number of hydrogen-bond donors (Lipinski definition) is 0. The van der Waals surface area contributed by atoms with Gasteiger partial charge in [-0.05, 0) is 31.5 Å². The molecular formula is C21H17F3O4. The van der Waals surface area contributed by atoms with Gasteiger partial charge >= 0.3 is 5.63 Å². The highest BCUT2D eigenvalue weighted by Gasteiger charge is 2.24. The summed E-state index contributed by atoms with van der Waals surface area (Å²) < 4.78 is 58.2. The zero-order chi connectivity index (χ0) is 20.6. The van der Waals surface area contributed by atoms with Crippen LogP contribution in [-0.4, -0.2) is 14.2 Å². The van der Waals surface area contributed by atoms with Gasteiger partial charge in [-0.25, -0.2) is 18.0 Å². The van der Waals surface area contributed by atoms with E-state index < -0.39 is 28.6 Å². The van der Waals surface area contributed by atoms with Crippen LogP contribution >= 0.6 is 0 Å². The maximum atomic E-state index is 14.5. The van der Waals surface area contributed by atoms with Crippen molar-refractivity contribution in [1.82, 2.24) is 0 Å². The Morgan fingerprint density at radius 3 is 1.82 bits per heavy atom. The molecule has 3 aromatic rings. The molecule has 0 aliphatic carbocycles. The second-order valence-electron chi connectivity index (χ2n) is 6.17. The topological polar surface area (TPSA) is 48.7 Å². The fourth-order valence-corrected chi connectivity index (χ4v) is 3.13. The van der Waals surface area contributed by atoms with Gasteiger partial charge in [-0.2, -0.15) is 0 Å². The summed E-state index contributed by atoms with van der Waals surface area (Å²) in [5.74, 6) is -2.42. The first-order chi connectivity index (χ1) is 13.3. The molecule has 2 aromatic carbocycles. The summed E-state index contributed by atoms with van der Waals surface area (Å²) in [6, 6.07) is 5.98. The second-order valence-corrected chi connectivity index (χ2v) is 6.17. The lowest BCUT2D eigenvalue weighted by Crippen LogP contribution is -2.10. The Morgan fingerprint density at radius 2 is 1.32 bits per heavy atom. The lowest BCUT2D eigenvalue weighted by molar-refractivity contribution is 0.394. The van der Waals surface area contributed by atoms with E-state index in [9.17, 15) is 18.0 Å². The molecule has 146 valence electrons. The molecule has 0 aliphatic rings. The number of halogens is 3. The maximum absolute atomic E-state index is 14.5. The Hall–Kier alpha value is -3.22. The molecule has 0 saturated carbocycles. The van der Waals surface area contributed by atoms with E-state index in [1.807, 2.05) is 0 Å². The van der Waals surface area contributed by atoms with Gasteiger partial charge in [0.15, 0.2) is 0 Å². The first-order valence-electron chi connectivity index (χ1n) is 8.29. The average Bonchev–Trinajstić information content (AvgIpc) is 2.64. The predicted molar refractivity (Wildman–Crippen MR) is 98.3 cm³/mol. The van der Waals surface area contributed by atoms with E-state index in [0.29, 0.717) is 29.2 Å². The Bertz CT molecular complexity index is 1070. The molecule has 28 heavy (non-hydrogen) atoms. The fourth-order valence-electron chi connectivity index (χ4n) is 3.13. The van der Waals surface area contributed by atoms with E-state index >= 15 is 0 Å². The van der Waals surface area contributed by atoms with Crippen molar-refractivity contribution in [3.63, 3.8) is 0 Å². The summed E-state index contributed by atoms with van der Waals surface area (Å²) >= 11 is 0. The maximum Gasteiger partial charge on any atom is 0.339 e. The van der Waals surface area contributed by atoms with Crippen molar-refractivity contribution in [1.29, 1.82) is 0 Å². The van der Waals surface area contributed by atoms with Crippen LogP contribution < -0.4 is 15.1 Å². The van der Waals surface area contributed by atoms with Crippen LogP contribution in [0, 0.1) is 31.3 Å². The standard InChI is InChI=1S/C21H17F3O4/c1-10-18(12-5-14(26-3)9-15(6-12)27-4)19(11(2)28-21(10)25)20-16(23)7-13(22)8-17(20)24/h5-9H,1-4H3. The molecule has 0 atom stereocenters. The van der Waals surface area contributed by atoms with Gasteiger partial charge < -0.3 is 13.9 Å². The first kappa shape index (κ1) is 19.5. The van der Waals surface area contributed by atoms with Crippen molar-refractivity contribution in [2.75, 3.05) is 14.2 Å².